The number of carbonyl (C=O) groups is 2. The molecule has 106 valence electrons. The molecule has 0 unspecified atom stereocenters. The number of amides is 2. The van der Waals surface area contributed by atoms with Crippen molar-refractivity contribution in [3.05, 3.63) is 17.2 Å². The van der Waals surface area contributed by atoms with E-state index in [0.717, 1.165) is 11.7 Å². The maximum Gasteiger partial charge on any atom is 0.328 e. The van der Waals surface area contributed by atoms with Gasteiger partial charge in [-0.2, -0.15) is 8.75 Å². The first-order valence-electron chi connectivity index (χ1n) is 5.54. The second kappa shape index (κ2) is 5.22. The molecule has 1 aromatic heterocycles. The fourth-order valence-electron chi connectivity index (χ4n) is 1.43. The summed E-state index contributed by atoms with van der Waals surface area (Å²) in [6, 6.07) is 2.59. The Kier molecular flexibility index (Phi) is 3.78. The van der Waals surface area contributed by atoms with Gasteiger partial charge in [0.25, 0.3) is 0 Å². The standard InChI is InChI=1S/C11H11ClN4O3S/c1-11(2,9(17)18)14-10(19)13-7-5(12)3-4-6-8(7)16-20-15-6/h3-4H,1-2H3,(H,17,18)(H2,13,14,19). The molecule has 1 heterocycles. The van der Waals surface area contributed by atoms with Crippen molar-refractivity contribution in [1.82, 2.24) is 14.1 Å². The third kappa shape index (κ3) is 2.81. The average molecular weight is 315 g/mol. The Morgan fingerprint density at radius 3 is 2.70 bits per heavy atom. The molecule has 3 N–H and O–H groups in total. The summed E-state index contributed by atoms with van der Waals surface area (Å²) >= 11 is 7.01. The molecule has 0 aliphatic carbocycles. The van der Waals surface area contributed by atoms with Crippen LogP contribution in [0.25, 0.3) is 11.0 Å². The van der Waals surface area contributed by atoms with E-state index < -0.39 is 17.5 Å². The Morgan fingerprint density at radius 1 is 1.35 bits per heavy atom. The zero-order valence-electron chi connectivity index (χ0n) is 10.6. The van der Waals surface area contributed by atoms with E-state index >= 15 is 0 Å². The number of anilines is 1. The van der Waals surface area contributed by atoms with Crippen molar-refractivity contribution in [1.29, 1.82) is 0 Å². The number of aromatic nitrogens is 2. The summed E-state index contributed by atoms with van der Waals surface area (Å²) in [5, 5.41) is 14.1. The lowest BCUT2D eigenvalue weighted by Crippen LogP contribution is -2.51. The van der Waals surface area contributed by atoms with Crippen LogP contribution >= 0.6 is 23.3 Å². The van der Waals surface area contributed by atoms with Crippen LogP contribution in [0.3, 0.4) is 0 Å². The Bertz CT molecular complexity index is 685. The van der Waals surface area contributed by atoms with Gasteiger partial charge in [0, 0.05) is 0 Å². The van der Waals surface area contributed by atoms with Crippen molar-refractivity contribution in [3.63, 3.8) is 0 Å². The molecule has 0 spiro atoms. The number of hydrogen-bond acceptors (Lipinski definition) is 5. The number of nitrogens with zero attached hydrogens (tertiary/aromatic N) is 2. The van der Waals surface area contributed by atoms with E-state index in [2.05, 4.69) is 19.4 Å². The summed E-state index contributed by atoms with van der Waals surface area (Å²) in [6.45, 7) is 2.75. The Hall–Kier alpha value is -1.93. The molecule has 0 saturated heterocycles. The third-order valence-electron chi connectivity index (χ3n) is 2.58. The highest BCUT2D eigenvalue weighted by atomic mass is 35.5. The molecule has 2 rings (SSSR count). The van der Waals surface area contributed by atoms with E-state index in [9.17, 15) is 9.59 Å². The fourth-order valence-corrected chi connectivity index (χ4v) is 2.17. The number of fused-ring (bicyclic) bond motifs is 1. The molecule has 0 atom stereocenters. The van der Waals surface area contributed by atoms with Gasteiger partial charge in [-0.05, 0) is 26.0 Å². The molecule has 1 aromatic carbocycles. The van der Waals surface area contributed by atoms with Crippen molar-refractivity contribution in [2.45, 2.75) is 19.4 Å². The lowest BCUT2D eigenvalue weighted by atomic mass is 10.1. The molecule has 0 fully saturated rings. The van der Waals surface area contributed by atoms with Gasteiger partial charge < -0.3 is 15.7 Å². The smallest absolute Gasteiger partial charge is 0.328 e. The van der Waals surface area contributed by atoms with E-state index in [-0.39, 0.29) is 0 Å². The highest BCUT2D eigenvalue weighted by Gasteiger charge is 2.29. The molecule has 0 bridgehead atoms. The lowest BCUT2D eigenvalue weighted by molar-refractivity contribution is -0.142. The van der Waals surface area contributed by atoms with Crippen LogP contribution in [-0.2, 0) is 4.79 Å². The van der Waals surface area contributed by atoms with Crippen molar-refractivity contribution in [2.75, 3.05) is 5.32 Å². The van der Waals surface area contributed by atoms with Crippen LogP contribution < -0.4 is 10.6 Å². The minimum Gasteiger partial charge on any atom is -0.480 e. The highest BCUT2D eigenvalue weighted by molar-refractivity contribution is 7.00. The molecule has 0 aliphatic heterocycles. The topological polar surface area (TPSA) is 104 Å². The molecular formula is C11H11ClN4O3S. The molecule has 0 radical (unpaired) electrons. The molecule has 9 heteroatoms. The minimum absolute atomic E-state index is 0.300. The molecule has 0 aliphatic rings. The van der Waals surface area contributed by atoms with Gasteiger partial charge in [0.15, 0.2) is 0 Å². The number of carboxylic acids is 1. The van der Waals surface area contributed by atoms with E-state index in [1.54, 1.807) is 12.1 Å². The zero-order valence-corrected chi connectivity index (χ0v) is 12.2. The number of hydrogen-bond donors (Lipinski definition) is 3. The molecular weight excluding hydrogens is 304 g/mol. The minimum atomic E-state index is -1.40. The summed E-state index contributed by atoms with van der Waals surface area (Å²) in [5.74, 6) is -1.15. The summed E-state index contributed by atoms with van der Waals surface area (Å²) in [5.41, 5.74) is -0.0281. The first-order chi connectivity index (χ1) is 9.31. The summed E-state index contributed by atoms with van der Waals surface area (Å²) < 4.78 is 8.09. The van der Waals surface area contributed by atoms with E-state index in [1.807, 2.05) is 0 Å². The number of nitrogens with one attached hydrogen (secondary N) is 2. The molecule has 2 aromatic rings. The second-order valence-electron chi connectivity index (χ2n) is 4.56. The van der Waals surface area contributed by atoms with Gasteiger partial charge in [0.05, 0.1) is 22.4 Å². The van der Waals surface area contributed by atoms with Crippen LogP contribution in [0.4, 0.5) is 10.5 Å². The number of rotatable bonds is 3. The number of carboxylic acid groups (broad SMARTS) is 1. The highest BCUT2D eigenvalue weighted by Crippen LogP contribution is 2.29. The Morgan fingerprint density at radius 2 is 2.05 bits per heavy atom. The summed E-state index contributed by atoms with van der Waals surface area (Å²) in [4.78, 5) is 22.8. The SMILES string of the molecule is CC(C)(NC(=O)Nc1c(Cl)ccc2nsnc12)C(=O)O. The second-order valence-corrected chi connectivity index (χ2v) is 5.50. The molecule has 2 amide bonds. The third-order valence-corrected chi connectivity index (χ3v) is 3.43. The monoisotopic (exact) mass is 314 g/mol. The Balaban J connectivity index is 2.24. The van der Waals surface area contributed by atoms with Crippen LogP contribution in [0.1, 0.15) is 13.8 Å². The average Bonchev–Trinajstić information content (AvgIpc) is 2.80. The summed E-state index contributed by atoms with van der Waals surface area (Å²) in [7, 11) is 0. The van der Waals surface area contributed by atoms with Gasteiger partial charge in [-0.15, -0.1) is 0 Å². The van der Waals surface area contributed by atoms with Crippen molar-refractivity contribution in [2.24, 2.45) is 0 Å². The quantitative estimate of drug-likeness (QED) is 0.806. The first-order valence-corrected chi connectivity index (χ1v) is 6.65. The van der Waals surface area contributed by atoms with Crippen LogP contribution in [0, 0.1) is 0 Å². The van der Waals surface area contributed by atoms with E-state index in [1.165, 1.54) is 13.8 Å². The predicted molar refractivity (Wildman–Crippen MR) is 76.3 cm³/mol. The summed E-state index contributed by atoms with van der Waals surface area (Å²) in [6.07, 6.45) is 0. The predicted octanol–water partition coefficient (Wildman–Crippen LogP) is 2.33. The number of benzene rings is 1. The van der Waals surface area contributed by atoms with Gasteiger partial charge in [0.2, 0.25) is 0 Å². The van der Waals surface area contributed by atoms with Crippen molar-refractivity contribution < 1.29 is 14.7 Å². The van der Waals surface area contributed by atoms with E-state index in [4.69, 9.17) is 16.7 Å². The van der Waals surface area contributed by atoms with Crippen molar-refractivity contribution in [3.8, 4) is 0 Å². The van der Waals surface area contributed by atoms with E-state index in [0.29, 0.717) is 21.7 Å². The van der Waals surface area contributed by atoms with Crippen molar-refractivity contribution >= 4 is 52.1 Å². The van der Waals surface area contributed by atoms with Crippen LogP contribution in [0.2, 0.25) is 5.02 Å². The van der Waals surface area contributed by atoms with Gasteiger partial charge >= 0.3 is 12.0 Å². The van der Waals surface area contributed by atoms with Gasteiger partial charge in [-0.1, -0.05) is 11.6 Å². The Labute approximate surface area is 123 Å². The molecule has 20 heavy (non-hydrogen) atoms. The van der Waals surface area contributed by atoms with Gasteiger partial charge in [-0.25, -0.2) is 9.59 Å². The largest absolute Gasteiger partial charge is 0.480 e. The number of carbonyl (C=O) groups excluding carboxylic acids is 1. The van der Waals surface area contributed by atoms with Crippen LogP contribution in [0.5, 0.6) is 0 Å². The molecule has 7 nitrogen and oxygen atoms in total. The van der Waals surface area contributed by atoms with Crippen LogP contribution in [-0.4, -0.2) is 31.4 Å². The maximum absolute atomic E-state index is 11.9. The first kappa shape index (κ1) is 14.5. The van der Waals surface area contributed by atoms with Crippen LogP contribution in [0.15, 0.2) is 12.1 Å². The number of aliphatic carboxylic acids is 1. The number of urea groups is 1. The zero-order chi connectivity index (χ0) is 14.9. The molecule has 0 saturated carbocycles. The normalized spacial score (nSPS) is 11.3. The number of halogens is 1. The maximum atomic E-state index is 11.9. The lowest BCUT2D eigenvalue weighted by Gasteiger charge is -2.21. The van der Waals surface area contributed by atoms with Gasteiger partial charge in [0.1, 0.15) is 16.6 Å². The van der Waals surface area contributed by atoms with Gasteiger partial charge in [-0.3, -0.25) is 0 Å². The fraction of sp³-hybridized carbons (Fsp3) is 0.273.